The van der Waals surface area contributed by atoms with Gasteiger partial charge < -0.3 is 15.4 Å². The predicted molar refractivity (Wildman–Crippen MR) is 226 cm³/mol. The van der Waals surface area contributed by atoms with Crippen LogP contribution in [0.3, 0.4) is 0 Å². The second kappa shape index (κ2) is 17.2. The molecule has 9 nitrogen and oxygen atoms in total. The van der Waals surface area contributed by atoms with E-state index >= 15 is 0 Å². The van der Waals surface area contributed by atoms with Crippen molar-refractivity contribution in [3.63, 3.8) is 0 Å². The molecule has 0 bridgehead atoms. The first-order valence-electron chi connectivity index (χ1n) is 19.5. The lowest BCUT2D eigenvalue weighted by Crippen LogP contribution is -2.51. The largest absolute Gasteiger partial charge is 0.384 e. The van der Waals surface area contributed by atoms with E-state index in [2.05, 4.69) is 27.8 Å². The second-order valence-electron chi connectivity index (χ2n) is 14.9. The van der Waals surface area contributed by atoms with E-state index in [1.165, 1.54) is 47.4 Å². The van der Waals surface area contributed by atoms with E-state index in [0.717, 1.165) is 71.7 Å². The molecular weight excluding hydrogens is 801 g/mol. The number of carbonyl (C=O) groups excluding carboxylic acids is 3. The smallest absolute Gasteiger partial charge is 0.241 e. The van der Waals surface area contributed by atoms with E-state index in [0.29, 0.717) is 37.4 Å². The van der Waals surface area contributed by atoms with E-state index in [9.17, 15) is 31.9 Å². The zero-order chi connectivity index (χ0) is 42.1. The molecule has 2 spiro atoms. The maximum Gasteiger partial charge on any atom is 0.241 e. The van der Waals surface area contributed by atoms with E-state index in [1.54, 1.807) is 6.92 Å². The van der Waals surface area contributed by atoms with E-state index < -0.39 is 33.0 Å². The monoisotopic (exact) mass is 844 g/mol. The number of Topliss-reactive ketones (excluding diaryl/α,β-unsaturated/α-hetero) is 1. The molecule has 59 heavy (non-hydrogen) atoms. The molecule has 0 radical (unpaired) electrons. The summed E-state index contributed by atoms with van der Waals surface area (Å²) in [6, 6.07) is 22.0. The van der Waals surface area contributed by atoms with Gasteiger partial charge >= 0.3 is 0 Å². The average Bonchev–Trinajstić information content (AvgIpc) is 3.81. The summed E-state index contributed by atoms with van der Waals surface area (Å²) in [7, 11) is 0. The highest BCUT2D eigenvalue weighted by Crippen LogP contribution is 2.58. The third-order valence-corrected chi connectivity index (χ3v) is 14.0. The Kier molecular flexibility index (Phi) is 12.3. The zero-order valence-corrected chi connectivity index (χ0v) is 34.7. The Morgan fingerprint density at radius 2 is 1.12 bits per heavy atom. The normalized spacial score (nSPS) is 22.7. The van der Waals surface area contributed by atoms with Crippen molar-refractivity contribution in [2.75, 3.05) is 23.7 Å². The Labute approximate surface area is 349 Å². The number of anilines is 2. The number of benzene rings is 4. The molecule has 0 saturated heterocycles. The molecule has 308 valence electrons. The quantitative estimate of drug-likeness (QED) is 0.170. The van der Waals surface area contributed by atoms with Gasteiger partial charge in [-0.2, -0.15) is 10.2 Å². The summed E-state index contributed by atoms with van der Waals surface area (Å²) in [5, 5.41) is 19.3. The number of ketones is 1. The molecule has 2 amide bonds. The van der Waals surface area contributed by atoms with Crippen molar-refractivity contribution in [2.24, 2.45) is 22.0 Å². The van der Waals surface area contributed by atoms with E-state index in [1.807, 2.05) is 48.5 Å². The number of rotatable bonds is 8. The molecule has 4 aliphatic rings. The van der Waals surface area contributed by atoms with Gasteiger partial charge in [0.1, 0.15) is 48.9 Å². The minimum Gasteiger partial charge on any atom is -0.384 e. The summed E-state index contributed by atoms with van der Waals surface area (Å²) in [4.78, 5) is 35.2. The lowest BCUT2D eigenvalue weighted by molar-refractivity contribution is -0.134. The number of thioether (sulfide) groups is 2. The summed E-state index contributed by atoms with van der Waals surface area (Å²) in [5.74, 6) is -2.67. The van der Waals surface area contributed by atoms with E-state index in [-0.39, 0.29) is 45.6 Å². The highest BCUT2D eigenvalue weighted by atomic mass is 32.2. The topological polar surface area (TPSA) is 106 Å². The number of amides is 2. The SMILES string of the molecule is CC(=O)CCC[C@H]1CNc2ccccc2[C@]12SC(c1cc(F)ccc1F)=NN2C(C)=O.CCC[C@H]1CNc2ccccc2[C@@]12SC(c1cc(F)ccc1F)=NN2C(C)=O. The van der Waals surface area contributed by atoms with Crippen molar-refractivity contribution in [1.82, 2.24) is 10.0 Å². The fourth-order valence-electron chi connectivity index (χ4n) is 8.38. The average molecular weight is 845 g/mol. The lowest BCUT2D eigenvalue weighted by atomic mass is 9.83. The maximum absolute atomic E-state index is 14.6. The number of nitrogens with zero attached hydrogens (tertiary/aromatic N) is 4. The van der Waals surface area contributed by atoms with Crippen molar-refractivity contribution in [1.29, 1.82) is 0 Å². The summed E-state index contributed by atoms with van der Waals surface area (Å²) in [6.45, 7) is 7.79. The third kappa shape index (κ3) is 7.86. The van der Waals surface area contributed by atoms with Gasteiger partial charge in [0.2, 0.25) is 11.8 Å². The molecule has 4 aromatic rings. The van der Waals surface area contributed by atoms with Crippen LogP contribution in [0.5, 0.6) is 0 Å². The molecule has 4 heterocycles. The summed E-state index contributed by atoms with van der Waals surface area (Å²) >= 11 is 2.62. The first kappa shape index (κ1) is 42.0. The third-order valence-electron chi connectivity index (χ3n) is 11.0. The lowest BCUT2D eigenvalue weighted by Gasteiger charge is -2.46. The van der Waals surface area contributed by atoms with Crippen LogP contribution in [0.15, 0.2) is 95.1 Å². The van der Waals surface area contributed by atoms with Gasteiger partial charge in [-0.3, -0.25) is 9.59 Å². The molecule has 15 heteroatoms. The van der Waals surface area contributed by atoms with Crippen LogP contribution in [0.4, 0.5) is 28.9 Å². The molecule has 4 atom stereocenters. The van der Waals surface area contributed by atoms with Gasteiger partial charge in [0.05, 0.1) is 0 Å². The predicted octanol–water partition coefficient (Wildman–Crippen LogP) is 9.79. The van der Waals surface area contributed by atoms with Crippen LogP contribution in [0.1, 0.15) is 82.1 Å². The van der Waals surface area contributed by atoms with Crippen molar-refractivity contribution in [3.05, 3.63) is 130 Å². The fourth-order valence-corrected chi connectivity index (χ4v) is 11.6. The number of para-hydroxylation sites is 2. The van der Waals surface area contributed by atoms with Crippen LogP contribution in [0.2, 0.25) is 0 Å². The number of carbonyl (C=O) groups is 3. The number of nitrogens with one attached hydrogen (secondary N) is 2. The number of halogens is 4. The van der Waals surface area contributed by atoms with Crippen molar-refractivity contribution in [3.8, 4) is 0 Å². The van der Waals surface area contributed by atoms with Crippen molar-refractivity contribution >= 4 is 62.6 Å². The Morgan fingerprint density at radius 1 is 0.678 bits per heavy atom. The summed E-state index contributed by atoms with van der Waals surface area (Å²) in [5.41, 5.74) is 3.73. The van der Waals surface area contributed by atoms with Crippen molar-refractivity contribution < 1.29 is 31.9 Å². The van der Waals surface area contributed by atoms with Crippen LogP contribution >= 0.6 is 23.5 Å². The highest BCUT2D eigenvalue weighted by molar-refractivity contribution is 8.15. The van der Waals surface area contributed by atoms with Gasteiger partial charge in [-0.05, 0) is 74.7 Å². The first-order chi connectivity index (χ1) is 28.3. The Bertz CT molecular complexity index is 2360. The summed E-state index contributed by atoms with van der Waals surface area (Å²) in [6.07, 6.45) is 3.59. The van der Waals surface area contributed by atoms with Crippen LogP contribution < -0.4 is 10.6 Å². The van der Waals surface area contributed by atoms with Crippen LogP contribution in [-0.4, -0.2) is 50.8 Å². The maximum atomic E-state index is 14.6. The van der Waals surface area contributed by atoms with Gasteiger partial charge in [0, 0.05) is 78.8 Å². The van der Waals surface area contributed by atoms with Crippen molar-refractivity contribution in [2.45, 2.75) is 69.5 Å². The fraction of sp³-hybridized carbons (Fsp3) is 0.341. The first-order valence-corrected chi connectivity index (χ1v) is 21.2. The standard InChI is InChI=1S/C23H23F2N3O2S.C21H21F2N3OS/c1-14(29)6-5-7-16-13-26-21-9-4-3-8-19(21)23(16)28(15(2)30)27-22(31-23)18-12-17(24)10-11-20(18)25;1-3-6-14-12-24-19-8-5-4-7-17(19)21(14)26(13(2)27)25-20(28-21)16-11-15(22)9-10-18(16)23/h3-4,8-12,16,26H,5-7,13H2,1-2H3;4-5,7-11,14,24H,3,6,12H2,1-2H3/t16-,23+;14-,21-/m00/s1. The zero-order valence-electron chi connectivity index (χ0n) is 33.0. The Morgan fingerprint density at radius 3 is 1.54 bits per heavy atom. The second-order valence-corrected chi connectivity index (χ2v) is 17.4. The number of hydrazone groups is 2. The molecule has 0 aliphatic carbocycles. The van der Waals surface area contributed by atoms with Crippen LogP contribution in [-0.2, 0) is 24.1 Å². The molecule has 0 aromatic heterocycles. The number of hydrogen-bond acceptors (Lipinski definition) is 9. The Balaban J connectivity index is 0.000000180. The Hall–Kier alpha value is -5.15. The molecule has 4 aromatic carbocycles. The molecule has 2 N–H and O–H groups in total. The highest BCUT2D eigenvalue weighted by Gasteiger charge is 2.57. The molecule has 8 rings (SSSR count). The number of hydrogen-bond donors (Lipinski definition) is 2. The molecule has 4 aliphatic heterocycles. The molecular formula is C44H44F4N6O3S2. The van der Waals surface area contributed by atoms with Crippen LogP contribution in [0.25, 0.3) is 0 Å². The number of fused-ring (bicyclic) bond motifs is 4. The van der Waals surface area contributed by atoms with Gasteiger partial charge in [0.15, 0.2) is 0 Å². The minimum atomic E-state index is -0.904. The molecule has 0 unspecified atom stereocenters. The van der Waals surface area contributed by atoms with Gasteiger partial charge in [-0.1, -0.05) is 73.3 Å². The minimum absolute atomic E-state index is 0.0339. The van der Waals surface area contributed by atoms with Crippen LogP contribution in [0, 0.1) is 35.1 Å². The molecule has 0 saturated carbocycles. The van der Waals surface area contributed by atoms with Gasteiger partial charge in [0.25, 0.3) is 0 Å². The molecule has 0 fully saturated rings. The van der Waals surface area contributed by atoms with Gasteiger partial charge in [-0.15, -0.1) is 0 Å². The van der Waals surface area contributed by atoms with E-state index in [4.69, 9.17) is 0 Å². The van der Waals surface area contributed by atoms with Gasteiger partial charge in [-0.25, -0.2) is 27.6 Å². The summed E-state index contributed by atoms with van der Waals surface area (Å²) < 4.78 is 56.7.